The van der Waals surface area contributed by atoms with Crippen LogP contribution in [-0.2, 0) is 9.31 Å². The lowest BCUT2D eigenvalue weighted by Gasteiger charge is -2.32. The summed E-state index contributed by atoms with van der Waals surface area (Å²) in [6, 6.07) is 85.8. The summed E-state index contributed by atoms with van der Waals surface area (Å²) in [5, 5.41) is 5.00. The third-order valence-electron chi connectivity index (χ3n) is 14.3. The van der Waals surface area contributed by atoms with Crippen LogP contribution in [-0.4, -0.2) is 27.5 Å². The first-order valence-electron chi connectivity index (χ1n) is 24.8. The van der Waals surface area contributed by atoms with E-state index in [0.29, 0.717) is 0 Å². The van der Waals surface area contributed by atoms with Gasteiger partial charge in [-0.2, -0.15) is 0 Å². The van der Waals surface area contributed by atoms with Crippen LogP contribution in [0.5, 0.6) is 0 Å². The molecule has 1 saturated heterocycles. The van der Waals surface area contributed by atoms with Gasteiger partial charge < -0.3 is 18.4 Å². The van der Waals surface area contributed by atoms with E-state index in [9.17, 15) is 0 Å². The number of para-hydroxylation sites is 4. The van der Waals surface area contributed by atoms with Gasteiger partial charge in [-0.3, -0.25) is 0 Å². The molecule has 12 aromatic rings. The molecule has 0 amide bonds. The van der Waals surface area contributed by atoms with E-state index in [1.165, 1.54) is 86.2 Å². The third-order valence-corrected chi connectivity index (χ3v) is 16.0. The van der Waals surface area contributed by atoms with Gasteiger partial charge in [0, 0.05) is 45.4 Å². The Morgan fingerprint density at radius 2 is 0.747 bits per heavy atom. The van der Waals surface area contributed by atoms with Crippen LogP contribution in [0.2, 0.25) is 0 Å². The van der Waals surface area contributed by atoms with Crippen LogP contribution >= 0.6 is 54.5 Å². The van der Waals surface area contributed by atoms with Crippen molar-refractivity contribution in [2.75, 3.05) is 0 Å². The van der Waals surface area contributed by atoms with Crippen molar-refractivity contribution in [3.63, 3.8) is 0 Å². The molecule has 8 heteroatoms. The smallest absolute Gasteiger partial charge is 0.399 e. The zero-order chi connectivity index (χ0) is 51.0. The Morgan fingerprint density at radius 3 is 1.25 bits per heavy atom. The number of halogens is 3. The van der Waals surface area contributed by atoms with Crippen LogP contribution < -0.4 is 5.46 Å². The van der Waals surface area contributed by atoms with Gasteiger partial charge in [-0.25, -0.2) is 0 Å². The van der Waals surface area contributed by atoms with Gasteiger partial charge in [-0.15, -0.1) is 0 Å². The van der Waals surface area contributed by atoms with E-state index in [-0.39, 0.29) is 25.7 Å². The highest BCUT2D eigenvalue weighted by atomic mass is 127. The van der Waals surface area contributed by atoms with Gasteiger partial charge in [-0.05, 0) is 186 Å². The second kappa shape index (κ2) is 22.0. The predicted molar refractivity (Wildman–Crippen MR) is 335 cm³/mol. The molecule has 0 bridgehead atoms. The minimum absolute atomic E-state index is 0. The number of hydrogen-bond acceptors (Lipinski definition) is 2. The van der Waals surface area contributed by atoms with Crippen molar-refractivity contribution in [1.29, 1.82) is 0 Å². The molecule has 0 aliphatic carbocycles. The van der Waals surface area contributed by atoms with E-state index in [0.717, 1.165) is 20.1 Å². The molecule has 75 heavy (non-hydrogen) atoms. The first-order chi connectivity index (χ1) is 35.9. The summed E-state index contributed by atoms with van der Waals surface area (Å²) >= 11 is 9.29. The molecule has 2 aromatic heterocycles. The molecule has 0 unspecified atom stereocenters. The molecule has 4 nitrogen and oxygen atoms in total. The molecule has 13 rings (SSSR count). The monoisotopic (exact) mass is 1220 g/mol. The lowest BCUT2D eigenvalue weighted by Crippen LogP contribution is -2.41. The van der Waals surface area contributed by atoms with Crippen LogP contribution in [0.4, 0.5) is 0 Å². The fourth-order valence-corrected chi connectivity index (χ4v) is 10.9. The average molecular weight is 1220 g/mol. The Kier molecular flexibility index (Phi) is 15.2. The van der Waals surface area contributed by atoms with Gasteiger partial charge in [0.15, 0.2) is 0 Å². The van der Waals surface area contributed by atoms with Crippen LogP contribution in [0.25, 0.3) is 88.4 Å². The molecule has 370 valence electrons. The number of benzene rings is 10. The van der Waals surface area contributed by atoms with E-state index in [1.807, 2.05) is 6.07 Å². The van der Waals surface area contributed by atoms with Crippen molar-refractivity contribution in [1.82, 2.24) is 9.13 Å². The molecule has 0 radical (unpaired) electrons. The number of hydrogen-bond donors (Lipinski definition) is 0. The van der Waals surface area contributed by atoms with Crippen LogP contribution in [0, 0.1) is 3.57 Å². The first-order valence-corrected chi connectivity index (χ1v) is 27.5. The van der Waals surface area contributed by atoms with E-state index in [1.54, 1.807) is 0 Å². The van der Waals surface area contributed by atoms with Crippen molar-refractivity contribution in [2.24, 2.45) is 0 Å². The Morgan fingerprint density at radius 1 is 0.360 bits per heavy atom. The number of rotatable bonds is 6. The topological polar surface area (TPSA) is 28.3 Å². The quantitative estimate of drug-likeness (QED) is 0.123. The van der Waals surface area contributed by atoms with Crippen molar-refractivity contribution >= 4 is 111 Å². The van der Waals surface area contributed by atoms with Gasteiger partial charge in [0.05, 0.1) is 33.3 Å². The zero-order valence-electron chi connectivity index (χ0n) is 41.5. The maximum Gasteiger partial charge on any atom is 0.494 e. The highest BCUT2D eigenvalue weighted by Crippen LogP contribution is 2.39. The van der Waals surface area contributed by atoms with Crippen LogP contribution in [0.15, 0.2) is 252 Å². The Bertz CT molecular complexity index is 3930. The van der Waals surface area contributed by atoms with Gasteiger partial charge in [-0.1, -0.05) is 185 Å². The largest absolute Gasteiger partial charge is 0.494 e. The molecular formula is C67H56BBr2IN2O2. The van der Waals surface area contributed by atoms with Crippen LogP contribution in [0.1, 0.15) is 35.1 Å². The summed E-state index contributed by atoms with van der Waals surface area (Å²) < 4.78 is 20.7. The van der Waals surface area contributed by atoms with Crippen molar-refractivity contribution in [3.05, 3.63) is 255 Å². The second-order valence-electron chi connectivity index (χ2n) is 19.6. The summed E-state index contributed by atoms with van der Waals surface area (Å²) in [5.74, 6) is 0. The fourth-order valence-electron chi connectivity index (χ4n) is 9.81. The van der Waals surface area contributed by atoms with E-state index >= 15 is 0 Å². The van der Waals surface area contributed by atoms with E-state index < -0.39 is 0 Å². The average Bonchev–Trinajstić information content (AvgIpc) is 4.02. The zero-order valence-corrected chi connectivity index (χ0v) is 46.8. The molecule has 0 spiro atoms. The summed E-state index contributed by atoms with van der Waals surface area (Å²) in [7, 11) is -0.353. The van der Waals surface area contributed by atoms with Crippen molar-refractivity contribution in [2.45, 2.75) is 46.3 Å². The molecule has 0 N–H and O–H groups in total. The second-order valence-corrected chi connectivity index (χ2v) is 22.7. The predicted octanol–water partition coefficient (Wildman–Crippen LogP) is 19.3. The number of aromatic nitrogens is 2. The van der Waals surface area contributed by atoms with Gasteiger partial charge in [0.2, 0.25) is 0 Å². The minimum Gasteiger partial charge on any atom is -0.399 e. The molecule has 0 saturated carbocycles. The van der Waals surface area contributed by atoms with Gasteiger partial charge in [0.25, 0.3) is 0 Å². The highest BCUT2D eigenvalue weighted by molar-refractivity contribution is 14.1. The van der Waals surface area contributed by atoms with Crippen molar-refractivity contribution in [3.8, 4) is 44.8 Å². The molecule has 3 heterocycles. The van der Waals surface area contributed by atoms with E-state index in [2.05, 4.69) is 328 Å². The molecule has 10 aromatic carbocycles. The standard InChI is InChI=1S/C30H20BrN.C24H24BNO2.C12H8BrI.CH4/c31-25-16-13-21(14-17-25)22-7-6-8-23(19-22)24-15-18-30-28(20-24)27-11-4-5-12-29(27)32(30)26-9-2-1-3-10-26;1-23(2)24(3,4)28-25(27-23)17-14-15-22-20(16-17)19-12-8-9-13-21(19)26(22)18-10-6-5-7-11-18;13-11-6-4-9(5-7-11)10-2-1-3-12(14)8-10;/h1-20H;5-16H,1-4H3;1-8H;1H4. The first kappa shape index (κ1) is 51.9. The Labute approximate surface area is 471 Å². The number of fused-ring (bicyclic) bond motifs is 6. The summed E-state index contributed by atoms with van der Waals surface area (Å²) in [4.78, 5) is 0. The maximum atomic E-state index is 6.27. The molecule has 1 fully saturated rings. The summed E-state index contributed by atoms with van der Waals surface area (Å²) in [6.07, 6.45) is 0. The third kappa shape index (κ3) is 10.7. The lowest BCUT2D eigenvalue weighted by atomic mass is 9.78. The molecular weight excluding hydrogens is 1160 g/mol. The minimum atomic E-state index is -0.353. The van der Waals surface area contributed by atoms with Crippen molar-refractivity contribution < 1.29 is 9.31 Å². The summed E-state index contributed by atoms with van der Waals surface area (Å²) in [5.41, 5.74) is 15.0. The highest BCUT2D eigenvalue weighted by Gasteiger charge is 2.51. The SMILES string of the molecule is Brc1ccc(-c2cccc(-c3ccc4c(c3)c3ccccc3n4-c3ccccc3)c2)cc1.Brc1ccc(-c2cccc(I)c2)cc1.C.CC1(C)OB(c2ccc3c(c2)c2ccccc2n3-c2ccccc2)OC1(C)C. The van der Waals surface area contributed by atoms with E-state index in [4.69, 9.17) is 9.31 Å². The molecule has 1 aliphatic heterocycles. The number of nitrogens with zero attached hydrogens (tertiary/aromatic N) is 2. The molecule has 1 aliphatic rings. The fraction of sp³-hybridized carbons (Fsp3) is 0.104. The Balaban J connectivity index is 0.000000136. The lowest BCUT2D eigenvalue weighted by molar-refractivity contribution is 0.00578. The maximum absolute atomic E-state index is 6.27. The normalized spacial score (nSPS) is 13.5. The summed E-state index contributed by atoms with van der Waals surface area (Å²) in [6.45, 7) is 8.36. The Hall–Kier alpha value is -6.53. The van der Waals surface area contributed by atoms with Gasteiger partial charge >= 0.3 is 7.12 Å². The van der Waals surface area contributed by atoms with Crippen LogP contribution in [0.3, 0.4) is 0 Å². The molecule has 0 atom stereocenters. The van der Waals surface area contributed by atoms with Gasteiger partial charge in [0.1, 0.15) is 0 Å².